The second-order valence-corrected chi connectivity index (χ2v) is 6.20. The van der Waals surface area contributed by atoms with Crippen LogP contribution in [0.1, 0.15) is 43.7 Å². The van der Waals surface area contributed by atoms with Crippen LogP contribution in [0, 0.1) is 18.8 Å². The van der Waals surface area contributed by atoms with Gasteiger partial charge >= 0.3 is 0 Å². The van der Waals surface area contributed by atoms with Gasteiger partial charge in [-0.3, -0.25) is 0 Å². The number of hydrogen-bond donors (Lipinski definition) is 1. The highest BCUT2D eigenvalue weighted by atomic mass is 16.5. The van der Waals surface area contributed by atoms with E-state index in [1.54, 1.807) is 7.11 Å². The molecule has 0 aliphatic heterocycles. The number of hydrogen-bond acceptors (Lipinski definition) is 2. The van der Waals surface area contributed by atoms with Gasteiger partial charge in [0.1, 0.15) is 5.75 Å². The molecule has 0 bridgehead atoms. The van der Waals surface area contributed by atoms with Crippen molar-refractivity contribution in [3.8, 4) is 5.75 Å². The van der Waals surface area contributed by atoms with Gasteiger partial charge in [-0.25, -0.2) is 0 Å². The van der Waals surface area contributed by atoms with E-state index in [9.17, 15) is 0 Å². The molecule has 2 nitrogen and oxygen atoms in total. The fourth-order valence-electron chi connectivity index (χ4n) is 3.20. The van der Waals surface area contributed by atoms with Gasteiger partial charge in [-0.15, -0.1) is 0 Å². The van der Waals surface area contributed by atoms with E-state index >= 15 is 0 Å². The number of rotatable bonds is 4. The molecule has 0 radical (unpaired) electrons. The minimum atomic E-state index is 0.267. The third kappa shape index (κ3) is 3.73. The quantitative estimate of drug-likeness (QED) is 0.897. The van der Waals surface area contributed by atoms with E-state index in [0.29, 0.717) is 5.92 Å². The molecule has 0 heterocycles. The zero-order valence-electron chi connectivity index (χ0n) is 12.5. The van der Waals surface area contributed by atoms with Gasteiger partial charge in [0.25, 0.3) is 0 Å². The van der Waals surface area contributed by atoms with E-state index in [1.807, 2.05) is 0 Å². The molecule has 0 saturated heterocycles. The third-order valence-electron chi connectivity index (χ3n) is 4.56. The molecule has 2 heteroatoms. The van der Waals surface area contributed by atoms with Crippen LogP contribution in [-0.2, 0) is 6.42 Å². The number of methoxy groups -OCH3 is 1. The molecule has 2 N–H and O–H groups in total. The van der Waals surface area contributed by atoms with E-state index in [2.05, 4.69) is 32.0 Å². The zero-order chi connectivity index (χ0) is 13.8. The van der Waals surface area contributed by atoms with E-state index in [4.69, 9.17) is 10.5 Å². The monoisotopic (exact) mass is 261 g/mol. The predicted molar refractivity (Wildman–Crippen MR) is 80.5 cm³/mol. The highest BCUT2D eigenvalue weighted by Crippen LogP contribution is 2.32. The largest absolute Gasteiger partial charge is 0.496 e. The molecule has 19 heavy (non-hydrogen) atoms. The maximum atomic E-state index is 6.44. The summed E-state index contributed by atoms with van der Waals surface area (Å²) in [5.74, 6) is 2.55. The summed E-state index contributed by atoms with van der Waals surface area (Å²) in [6.45, 7) is 4.47. The minimum absolute atomic E-state index is 0.267. The number of nitrogens with two attached hydrogens (primary N) is 1. The van der Waals surface area contributed by atoms with Gasteiger partial charge in [0.2, 0.25) is 0 Å². The van der Waals surface area contributed by atoms with Crippen molar-refractivity contribution in [1.82, 2.24) is 0 Å². The van der Waals surface area contributed by atoms with Crippen molar-refractivity contribution in [1.29, 1.82) is 0 Å². The van der Waals surface area contributed by atoms with Gasteiger partial charge in [-0.2, -0.15) is 0 Å². The molecule has 1 aromatic carbocycles. The summed E-state index contributed by atoms with van der Waals surface area (Å²) in [5, 5.41) is 0. The van der Waals surface area contributed by atoms with E-state index in [0.717, 1.165) is 18.1 Å². The molecule has 1 saturated carbocycles. The Bertz CT molecular complexity index is 408. The molecule has 0 amide bonds. The molecular weight excluding hydrogens is 234 g/mol. The fraction of sp³-hybridized carbons (Fsp3) is 0.647. The Labute approximate surface area is 117 Å². The lowest BCUT2D eigenvalue weighted by atomic mass is 9.78. The molecule has 2 rings (SSSR count). The molecular formula is C17H27NO. The van der Waals surface area contributed by atoms with Crippen LogP contribution in [0.4, 0.5) is 0 Å². The summed E-state index contributed by atoms with van der Waals surface area (Å²) in [4.78, 5) is 0. The van der Waals surface area contributed by atoms with Gasteiger partial charge in [0, 0.05) is 6.04 Å². The molecule has 1 aromatic rings. The highest BCUT2D eigenvalue weighted by molar-refractivity contribution is 5.37. The average molecular weight is 261 g/mol. The predicted octanol–water partition coefficient (Wildman–Crippen LogP) is 3.70. The first-order valence-electron chi connectivity index (χ1n) is 7.49. The Morgan fingerprint density at radius 2 is 1.95 bits per heavy atom. The van der Waals surface area contributed by atoms with Crippen molar-refractivity contribution in [2.45, 2.75) is 52.0 Å². The van der Waals surface area contributed by atoms with Crippen LogP contribution in [0.25, 0.3) is 0 Å². The molecule has 0 aromatic heterocycles. The summed E-state index contributed by atoms with van der Waals surface area (Å²) in [7, 11) is 1.74. The van der Waals surface area contributed by atoms with Gasteiger partial charge in [-0.1, -0.05) is 37.5 Å². The Balaban J connectivity index is 2.02. The molecule has 1 aliphatic rings. The summed E-state index contributed by atoms with van der Waals surface area (Å²) in [6, 6.07) is 6.63. The molecule has 106 valence electrons. The van der Waals surface area contributed by atoms with Crippen molar-refractivity contribution in [3.05, 3.63) is 29.3 Å². The Kier molecular flexibility index (Phi) is 4.87. The maximum Gasteiger partial charge on any atom is 0.122 e. The van der Waals surface area contributed by atoms with Crippen molar-refractivity contribution in [3.63, 3.8) is 0 Å². The highest BCUT2D eigenvalue weighted by Gasteiger charge is 2.24. The third-order valence-corrected chi connectivity index (χ3v) is 4.56. The van der Waals surface area contributed by atoms with Crippen LogP contribution in [0.2, 0.25) is 0 Å². The van der Waals surface area contributed by atoms with Crippen LogP contribution in [0.3, 0.4) is 0 Å². The van der Waals surface area contributed by atoms with E-state index in [1.165, 1.54) is 36.8 Å². The maximum absolute atomic E-state index is 6.44. The van der Waals surface area contributed by atoms with Crippen LogP contribution >= 0.6 is 0 Å². The number of benzene rings is 1. The van der Waals surface area contributed by atoms with Gasteiger partial charge < -0.3 is 10.5 Å². The van der Waals surface area contributed by atoms with Gasteiger partial charge in [-0.05, 0) is 49.7 Å². The van der Waals surface area contributed by atoms with E-state index < -0.39 is 0 Å². The second kappa shape index (κ2) is 6.42. The first kappa shape index (κ1) is 14.4. The van der Waals surface area contributed by atoms with Gasteiger partial charge in [0.05, 0.1) is 7.11 Å². The second-order valence-electron chi connectivity index (χ2n) is 6.20. The van der Waals surface area contributed by atoms with E-state index in [-0.39, 0.29) is 6.04 Å². The Hall–Kier alpha value is -1.02. The Morgan fingerprint density at radius 3 is 2.58 bits per heavy atom. The number of ether oxygens (including phenoxy) is 1. The van der Waals surface area contributed by atoms with Gasteiger partial charge in [0.15, 0.2) is 0 Å². The zero-order valence-corrected chi connectivity index (χ0v) is 12.5. The molecule has 0 spiro atoms. The SMILES string of the molecule is COc1ccc(C)cc1CC(N)C1CCC(C)CC1. The lowest BCUT2D eigenvalue weighted by molar-refractivity contribution is 0.252. The van der Waals surface area contributed by atoms with Crippen molar-refractivity contribution < 1.29 is 4.74 Å². The summed E-state index contributed by atoms with van der Waals surface area (Å²) >= 11 is 0. The van der Waals surface area contributed by atoms with Crippen molar-refractivity contribution in [2.75, 3.05) is 7.11 Å². The first-order chi connectivity index (χ1) is 9.10. The summed E-state index contributed by atoms with van der Waals surface area (Å²) in [5.41, 5.74) is 8.98. The molecule has 1 fully saturated rings. The molecule has 1 atom stereocenters. The Morgan fingerprint density at radius 1 is 1.26 bits per heavy atom. The smallest absolute Gasteiger partial charge is 0.122 e. The van der Waals surface area contributed by atoms with Crippen LogP contribution in [0.15, 0.2) is 18.2 Å². The fourth-order valence-corrected chi connectivity index (χ4v) is 3.20. The minimum Gasteiger partial charge on any atom is -0.496 e. The number of aryl methyl sites for hydroxylation is 1. The lowest BCUT2D eigenvalue weighted by Crippen LogP contribution is -2.34. The van der Waals surface area contributed by atoms with Crippen LogP contribution in [0.5, 0.6) is 5.75 Å². The summed E-state index contributed by atoms with van der Waals surface area (Å²) < 4.78 is 5.45. The molecule has 1 aliphatic carbocycles. The molecule has 1 unspecified atom stereocenters. The van der Waals surface area contributed by atoms with Crippen LogP contribution in [-0.4, -0.2) is 13.2 Å². The summed E-state index contributed by atoms with van der Waals surface area (Å²) in [6.07, 6.45) is 6.18. The van der Waals surface area contributed by atoms with Crippen LogP contribution < -0.4 is 10.5 Å². The topological polar surface area (TPSA) is 35.2 Å². The van der Waals surface area contributed by atoms with Crippen molar-refractivity contribution >= 4 is 0 Å². The first-order valence-corrected chi connectivity index (χ1v) is 7.49. The average Bonchev–Trinajstić information content (AvgIpc) is 2.39. The standard InChI is InChI=1S/C17H27NO/c1-12-4-7-14(8-5-12)16(18)11-15-10-13(2)6-9-17(15)19-3/h6,9-10,12,14,16H,4-5,7-8,11,18H2,1-3H3. The normalized spacial score (nSPS) is 25.1. The van der Waals surface area contributed by atoms with Crippen molar-refractivity contribution in [2.24, 2.45) is 17.6 Å². The lowest BCUT2D eigenvalue weighted by Gasteiger charge is -2.31.